The average molecular weight is 372 g/mol. The van der Waals surface area contributed by atoms with Crippen molar-refractivity contribution < 1.29 is 14.6 Å². The quantitative estimate of drug-likeness (QED) is 0.709. The van der Waals surface area contributed by atoms with E-state index in [1.165, 1.54) is 0 Å². The fraction of sp³-hybridized carbons (Fsp3) is 0.375. The molecule has 8 heteroatoms. The summed E-state index contributed by atoms with van der Waals surface area (Å²) in [6.45, 7) is 0.797. The molecular weight excluding hydrogens is 353 g/mol. The maximum Gasteiger partial charge on any atom is 0.220 e. The number of aliphatic hydroxyl groups excluding tert-OH is 1. The van der Waals surface area contributed by atoms with Gasteiger partial charge in [-0.25, -0.2) is 0 Å². The molecule has 1 aromatic carbocycles. The van der Waals surface area contributed by atoms with E-state index in [1.54, 1.807) is 29.1 Å². The van der Waals surface area contributed by atoms with E-state index in [-0.39, 0.29) is 19.1 Å². The Morgan fingerprint density at radius 1 is 1.38 bits per heavy atom. The third kappa shape index (κ3) is 6.03. The minimum absolute atomic E-state index is 0.00757. The van der Waals surface area contributed by atoms with Gasteiger partial charge in [0.15, 0.2) is 0 Å². The topological polar surface area (TPSA) is 76.4 Å². The van der Waals surface area contributed by atoms with Crippen LogP contribution in [0.25, 0.3) is 0 Å². The predicted octanol–water partition coefficient (Wildman–Crippen LogP) is 2.53. The van der Waals surface area contributed by atoms with Crippen molar-refractivity contribution >= 4 is 29.1 Å². The lowest BCUT2D eigenvalue weighted by atomic mass is 10.3. The third-order valence-corrected chi connectivity index (χ3v) is 4.03. The number of nitrogens with zero attached hydrogens (tertiary/aromatic N) is 2. The van der Waals surface area contributed by atoms with E-state index in [9.17, 15) is 9.90 Å². The molecule has 0 radical (unpaired) electrons. The molecule has 2 N–H and O–H groups in total. The summed E-state index contributed by atoms with van der Waals surface area (Å²) in [5.74, 6) is 0.274. The Hall–Kier alpha value is -1.76. The van der Waals surface area contributed by atoms with Gasteiger partial charge in [-0.05, 0) is 24.6 Å². The minimum Gasteiger partial charge on any atom is -0.489 e. The first-order chi connectivity index (χ1) is 11.6. The molecule has 1 aromatic heterocycles. The molecular formula is C16H19Cl2N3O3. The summed E-state index contributed by atoms with van der Waals surface area (Å²) in [6.07, 6.45) is 3.75. The van der Waals surface area contributed by atoms with Crippen LogP contribution < -0.4 is 10.1 Å². The summed E-state index contributed by atoms with van der Waals surface area (Å²) in [5.41, 5.74) is 0. The van der Waals surface area contributed by atoms with Crippen molar-refractivity contribution in [2.45, 2.75) is 25.5 Å². The molecule has 2 aromatic rings. The number of carbonyl (C=O) groups excluding carboxylic acids is 1. The lowest BCUT2D eigenvalue weighted by Crippen LogP contribution is -2.35. The molecule has 6 nitrogen and oxygen atoms in total. The summed E-state index contributed by atoms with van der Waals surface area (Å²) in [7, 11) is 0. The van der Waals surface area contributed by atoms with Gasteiger partial charge >= 0.3 is 0 Å². The maximum atomic E-state index is 11.7. The maximum absolute atomic E-state index is 11.7. The van der Waals surface area contributed by atoms with Crippen LogP contribution in [0.5, 0.6) is 5.75 Å². The Kier molecular flexibility index (Phi) is 7.36. The number of rotatable bonds is 9. The van der Waals surface area contributed by atoms with Gasteiger partial charge in [0, 0.05) is 31.9 Å². The molecule has 0 spiro atoms. The average Bonchev–Trinajstić information content (AvgIpc) is 3.07. The van der Waals surface area contributed by atoms with Crippen molar-refractivity contribution in [3.63, 3.8) is 0 Å². The normalized spacial score (nSPS) is 12.0. The molecule has 130 valence electrons. The number of hydrogen-bond donors (Lipinski definition) is 2. The van der Waals surface area contributed by atoms with Gasteiger partial charge in [-0.2, -0.15) is 5.10 Å². The van der Waals surface area contributed by atoms with Crippen LogP contribution in [0.1, 0.15) is 12.8 Å². The van der Waals surface area contributed by atoms with Crippen molar-refractivity contribution in [1.29, 1.82) is 0 Å². The standard InChI is InChI=1S/C16H19Cl2N3O3/c17-13-4-1-5-14(16(13)18)24-11-12(22)10-19-15(23)6-2-8-21-9-3-7-20-21/h1,3-5,7,9,12,22H,2,6,8,10-11H2,(H,19,23). The molecule has 1 unspecified atom stereocenters. The summed E-state index contributed by atoms with van der Waals surface area (Å²) >= 11 is 11.9. The minimum atomic E-state index is -0.838. The van der Waals surface area contributed by atoms with Crippen LogP contribution in [0.4, 0.5) is 0 Å². The van der Waals surface area contributed by atoms with Gasteiger partial charge in [-0.15, -0.1) is 0 Å². The van der Waals surface area contributed by atoms with E-state index >= 15 is 0 Å². The van der Waals surface area contributed by atoms with E-state index in [1.807, 2.05) is 12.3 Å². The number of aliphatic hydroxyl groups is 1. The van der Waals surface area contributed by atoms with Gasteiger partial charge < -0.3 is 15.2 Å². The zero-order valence-corrected chi connectivity index (χ0v) is 14.5. The summed E-state index contributed by atoms with van der Waals surface area (Å²) in [4.78, 5) is 11.7. The summed E-state index contributed by atoms with van der Waals surface area (Å²) in [5, 5.41) is 17.3. The molecule has 0 aliphatic heterocycles. The van der Waals surface area contributed by atoms with Gasteiger partial charge in [0.25, 0.3) is 0 Å². The van der Waals surface area contributed by atoms with Crippen LogP contribution in [0, 0.1) is 0 Å². The zero-order chi connectivity index (χ0) is 17.4. The highest BCUT2D eigenvalue weighted by Crippen LogP contribution is 2.31. The first-order valence-corrected chi connectivity index (χ1v) is 8.31. The number of halogens is 2. The lowest BCUT2D eigenvalue weighted by Gasteiger charge is -2.14. The molecule has 0 aliphatic carbocycles. The van der Waals surface area contributed by atoms with Crippen molar-refractivity contribution in [2.75, 3.05) is 13.2 Å². The van der Waals surface area contributed by atoms with Crippen molar-refractivity contribution in [2.24, 2.45) is 0 Å². The molecule has 0 saturated heterocycles. The van der Waals surface area contributed by atoms with Crippen LogP contribution in [-0.2, 0) is 11.3 Å². The Labute approximate surface area is 150 Å². The Morgan fingerprint density at radius 3 is 2.96 bits per heavy atom. The number of aryl methyl sites for hydroxylation is 1. The van der Waals surface area contributed by atoms with Gasteiger partial charge in [0.2, 0.25) is 5.91 Å². The highest BCUT2D eigenvalue weighted by Gasteiger charge is 2.10. The molecule has 0 saturated carbocycles. The molecule has 2 rings (SSSR count). The Balaban J connectivity index is 1.62. The zero-order valence-electron chi connectivity index (χ0n) is 13.0. The number of amides is 1. The second-order valence-electron chi connectivity index (χ2n) is 5.19. The summed E-state index contributed by atoms with van der Waals surface area (Å²) < 4.78 is 7.18. The van der Waals surface area contributed by atoms with Gasteiger partial charge in [-0.3, -0.25) is 9.48 Å². The Morgan fingerprint density at radius 2 is 2.21 bits per heavy atom. The molecule has 1 amide bonds. The smallest absolute Gasteiger partial charge is 0.220 e. The first kappa shape index (κ1) is 18.6. The molecule has 24 heavy (non-hydrogen) atoms. The van der Waals surface area contributed by atoms with E-state index in [2.05, 4.69) is 10.4 Å². The van der Waals surface area contributed by atoms with Gasteiger partial charge in [0.1, 0.15) is 23.5 Å². The van der Waals surface area contributed by atoms with E-state index in [0.29, 0.717) is 35.2 Å². The Bertz CT molecular complexity index is 650. The van der Waals surface area contributed by atoms with E-state index in [4.69, 9.17) is 27.9 Å². The van der Waals surface area contributed by atoms with Crippen molar-refractivity contribution in [1.82, 2.24) is 15.1 Å². The number of carbonyl (C=O) groups is 1. The highest BCUT2D eigenvalue weighted by atomic mass is 35.5. The third-order valence-electron chi connectivity index (χ3n) is 3.23. The summed E-state index contributed by atoms with van der Waals surface area (Å²) in [6, 6.07) is 6.85. The van der Waals surface area contributed by atoms with Crippen LogP contribution in [0.15, 0.2) is 36.7 Å². The predicted molar refractivity (Wildman–Crippen MR) is 92.4 cm³/mol. The largest absolute Gasteiger partial charge is 0.489 e. The number of ether oxygens (including phenoxy) is 1. The van der Waals surface area contributed by atoms with Crippen molar-refractivity contribution in [3.05, 3.63) is 46.7 Å². The second-order valence-corrected chi connectivity index (χ2v) is 5.98. The fourth-order valence-corrected chi connectivity index (χ4v) is 2.34. The van der Waals surface area contributed by atoms with Crippen LogP contribution in [0.2, 0.25) is 10.0 Å². The number of nitrogens with one attached hydrogen (secondary N) is 1. The molecule has 1 heterocycles. The van der Waals surface area contributed by atoms with Crippen LogP contribution in [-0.4, -0.2) is 40.0 Å². The monoisotopic (exact) mass is 371 g/mol. The molecule has 1 atom stereocenters. The SMILES string of the molecule is O=C(CCCn1cccn1)NCC(O)COc1cccc(Cl)c1Cl. The molecule has 0 aliphatic rings. The van der Waals surface area contributed by atoms with E-state index in [0.717, 1.165) is 0 Å². The second kappa shape index (κ2) is 9.52. The first-order valence-electron chi connectivity index (χ1n) is 7.55. The van der Waals surface area contributed by atoms with Crippen molar-refractivity contribution in [3.8, 4) is 5.75 Å². The van der Waals surface area contributed by atoms with Gasteiger partial charge in [-0.1, -0.05) is 29.3 Å². The molecule has 0 bridgehead atoms. The number of hydrogen-bond acceptors (Lipinski definition) is 4. The number of aromatic nitrogens is 2. The van der Waals surface area contributed by atoms with Crippen LogP contribution in [0.3, 0.4) is 0 Å². The van der Waals surface area contributed by atoms with E-state index < -0.39 is 6.10 Å². The van der Waals surface area contributed by atoms with Crippen LogP contribution >= 0.6 is 23.2 Å². The molecule has 0 fully saturated rings. The van der Waals surface area contributed by atoms with Gasteiger partial charge in [0.05, 0.1) is 5.02 Å². The lowest BCUT2D eigenvalue weighted by molar-refractivity contribution is -0.121. The number of benzene rings is 1. The fourth-order valence-electron chi connectivity index (χ4n) is 1.99. The highest BCUT2D eigenvalue weighted by molar-refractivity contribution is 6.42.